The highest BCUT2D eigenvalue weighted by molar-refractivity contribution is 5.43. The molecule has 1 aliphatic rings. The lowest BCUT2D eigenvalue weighted by Crippen LogP contribution is -2.41. The third-order valence-electron chi connectivity index (χ3n) is 4.95. The Morgan fingerprint density at radius 1 is 1.15 bits per heavy atom. The molecule has 0 radical (unpaired) electrons. The number of aryl methyl sites for hydroxylation is 2. The quantitative estimate of drug-likeness (QED) is 0.650. The first kappa shape index (κ1) is 15.3. The number of nitrogens with one attached hydrogen (secondary N) is 1. The van der Waals surface area contributed by atoms with E-state index in [9.17, 15) is 0 Å². The Morgan fingerprint density at radius 3 is 2.35 bits per heavy atom. The highest BCUT2D eigenvalue weighted by Gasteiger charge is 2.36. The summed E-state index contributed by atoms with van der Waals surface area (Å²) in [6.45, 7) is 6.61. The number of methoxy groups -OCH3 is 1. The van der Waals surface area contributed by atoms with Crippen molar-refractivity contribution in [1.29, 1.82) is 0 Å². The molecule has 0 bridgehead atoms. The summed E-state index contributed by atoms with van der Waals surface area (Å²) in [6, 6.07) is 4.58. The lowest BCUT2D eigenvalue weighted by molar-refractivity contribution is 0.144. The van der Waals surface area contributed by atoms with Gasteiger partial charge in [-0.05, 0) is 54.9 Å². The summed E-state index contributed by atoms with van der Waals surface area (Å²) >= 11 is 0. The van der Waals surface area contributed by atoms with Crippen LogP contribution < -0.4 is 16.0 Å². The van der Waals surface area contributed by atoms with Crippen LogP contribution in [0.5, 0.6) is 5.75 Å². The van der Waals surface area contributed by atoms with Gasteiger partial charge in [-0.25, -0.2) is 0 Å². The van der Waals surface area contributed by atoms with E-state index in [1.807, 2.05) is 0 Å². The van der Waals surface area contributed by atoms with E-state index in [-0.39, 0.29) is 11.5 Å². The Hall–Kier alpha value is -1.06. The molecule has 0 aliphatic heterocycles. The molecule has 1 atom stereocenters. The zero-order valence-corrected chi connectivity index (χ0v) is 13.3. The monoisotopic (exact) mass is 276 g/mol. The predicted octanol–water partition coefficient (Wildman–Crippen LogP) is 3.79. The van der Waals surface area contributed by atoms with Gasteiger partial charge in [0.2, 0.25) is 0 Å². The van der Waals surface area contributed by atoms with Crippen molar-refractivity contribution < 1.29 is 4.74 Å². The maximum absolute atomic E-state index is 5.93. The van der Waals surface area contributed by atoms with Crippen LogP contribution in [-0.4, -0.2) is 7.11 Å². The minimum atomic E-state index is 0.215. The van der Waals surface area contributed by atoms with Gasteiger partial charge in [0.15, 0.2) is 0 Å². The van der Waals surface area contributed by atoms with Gasteiger partial charge in [0.05, 0.1) is 13.2 Å². The van der Waals surface area contributed by atoms with E-state index in [4.69, 9.17) is 10.6 Å². The van der Waals surface area contributed by atoms with Crippen molar-refractivity contribution in [3.63, 3.8) is 0 Å². The zero-order chi connectivity index (χ0) is 14.8. The molecule has 2 rings (SSSR count). The minimum Gasteiger partial charge on any atom is -0.496 e. The van der Waals surface area contributed by atoms with E-state index in [1.165, 1.54) is 48.8 Å². The van der Waals surface area contributed by atoms with Gasteiger partial charge in [0.25, 0.3) is 0 Å². The Labute approximate surface area is 122 Å². The van der Waals surface area contributed by atoms with E-state index in [1.54, 1.807) is 7.11 Å². The standard InChI is InChI=1S/C17H28N2O/c1-12-11-15(20-4)13(2)10-14(12)16(19-18)17(3)8-6-5-7-9-17/h10-11,16,19H,5-9,18H2,1-4H3. The summed E-state index contributed by atoms with van der Waals surface area (Å²) in [4.78, 5) is 0. The normalized spacial score (nSPS) is 19.6. The largest absolute Gasteiger partial charge is 0.496 e. The van der Waals surface area contributed by atoms with Crippen molar-refractivity contribution in [3.05, 3.63) is 28.8 Å². The third kappa shape index (κ3) is 2.84. The molecule has 112 valence electrons. The van der Waals surface area contributed by atoms with Crippen molar-refractivity contribution in [2.24, 2.45) is 11.3 Å². The van der Waals surface area contributed by atoms with Crippen LogP contribution in [0.2, 0.25) is 0 Å². The Morgan fingerprint density at radius 2 is 1.80 bits per heavy atom. The first-order valence-corrected chi connectivity index (χ1v) is 7.63. The molecule has 3 N–H and O–H groups in total. The molecule has 0 amide bonds. The molecule has 1 saturated carbocycles. The molecule has 1 aromatic rings. The van der Waals surface area contributed by atoms with E-state index in [0.29, 0.717) is 0 Å². The fraction of sp³-hybridized carbons (Fsp3) is 0.647. The van der Waals surface area contributed by atoms with Crippen LogP contribution in [-0.2, 0) is 0 Å². The number of hydrogen-bond acceptors (Lipinski definition) is 3. The fourth-order valence-electron chi connectivity index (χ4n) is 3.66. The highest BCUT2D eigenvalue weighted by Crippen LogP contribution is 2.46. The van der Waals surface area contributed by atoms with Crippen molar-refractivity contribution in [1.82, 2.24) is 5.43 Å². The summed E-state index contributed by atoms with van der Waals surface area (Å²) in [5, 5.41) is 0. The van der Waals surface area contributed by atoms with Gasteiger partial charge in [0.1, 0.15) is 5.75 Å². The highest BCUT2D eigenvalue weighted by atomic mass is 16.5. The Bertz CT molecular complexity index is 464. The second-order valence-electron chi connectivity index (χ2n) is 6.49. The van der Waals surface area contributed by atoms with Crippen LogP contribution in [0.4, 0.5) is 0 Å². The number of hydrogen-bond donors (Lipinski definition) is 2. The fourth-order valence-corrected chi connectivity index (χ4v) is 3.66. The number of nitrogens with two attached hydrogens (primary N) is 1. The number of hydrazine groups is 1. The van der Waals surface area contributed by atoms with Crippen LogP contribution in [0, 0.1) is 19.3 Å². The number of ether oxygens (including phenoxy) is 1. The van der Waals surface area contributed by atoms with Gasteiger partial charge in [-0.15, -0.1) is 0 Å². The van der Waals surface area contributed by atoms with Crippen LogP contribution >= 0.6 is 0 Å². The molecular formula is C17H28N2O. The van der Waals surface area contributed by atoms with Crippen molar-refractivity contribution >= 4 is 0 Å². The molecule has 0 aromatic heterocycles. The molecule has 1 unspecified atom stereocenters. The van der Waals surface area contributed by atoms with Crippen molar-refractivity contribution in [2.75, 3.05) is 7.11 Å². The van der Waals surface area contributed by atoms with E-state index in [2.05, 4.69) is 38.3 Å². The van der Waals surface area contributed by atoms with Crippen LogP contribution in [0.3, 0.4) is 0 Å². The first-order chi connectivity index (χ1) is 9.51. The summed E-state index contributed by atoms with van der Waals surface area (Å²) in [5.41, 5.74) is 7.08. The lowest BCUT2D eigenvalue weighted by Gasteiger charge is -2.41. The van der Waals surface area contributed by atoms with Gasteiger partial charge in [-0.3, -0.25) is 11.3 Å². The van der Waals surface area contributed by atoms with Crippen molar-refractivity contribution in [2.45, 2.75) is 58.9 Å². The van der Waals surface area contributed by atoms with Gasteiger partial charge >= 0.3 is 0 Å². The molecule has 1 fully saturated rings. The maximum atomic E-state index is 5.93. The van der Waals surface area contributed by atoms with Crippen LogP contribution in [0.15, 0.2) is 12.1 Å². The Balaban J connectivity index is 2.38. The zero-order valence-electron chi connectivity index (χ0n) is 13.3. The Kier molecular flexibility index (Phi) is 4.71. The number of benzene rings is 1. The average molecular weight is 276 g/mol. The molecule has 3 heteroatoms. The average Bonchev–Trinajstić information content (AvgIpc) is 2.43. The molecule has 20 heavy (non-hydrogen) atoms. The van der Waals surface area contributed by atoms with Gasteiger partial charge < -0.3 is 4.74 Å². The molecule has 0 saturated heterocycles. The van der Waals surface area contributed by atoms with Gasteiger partial charge in [-0.1, -0.05) is 32.3 Å². The summed E-state index contributed by atoms with van der Waals surface area (Å²) in [6.07, 6.45) is 6.46. The smallest absolute Gasteiger partial charge is 0.122 e. The van der Waals surface area contributed by atoms with Gasteiger partial charge in [0, 0.05) is 0 Å². The molecule has 1 aliphatic carbocycles. The van der Waals surface area contributed by atoms with Crippen LogP contribution in [0.25, 0.3) is 0 Å². The third-order valence-corrected chi connectivity index (χ3v) is 4.95. The van der Waals surface area contributed by atoms with E-state index in [0.717, 1.165) is 5.75 Å². The van der Waals surface area contributed by atoms with Crippen molar-refractivity contribution in [3.8, 4) is 5.75 Å². The minimum absolute atomic E-state index is 0.215. The molecule has 1 aromatic carbocycles. The SMILES string of the molecule is COc1cc(C)c(C(NN)C2(C)CCCCC2)cc1C. The predicted molar refractivity (Wildman–Crippen MR) is 83.7 cm³/mol. The van der Waals surface area contributed by atoms with E-state index < -0.39 is 0 Å². The molecule has 3 nitrogen and oxygen atoms in total. The van der Waals surface area contributed by atoms with Gasteiger partial charge in [-0.2, -0.15) is 0 Å². The van der Waals surface area contributed by atoms with Crippen LogP contribution in [0.1, 0.15) is 61.8 Å². The van der Waals surface area contributed by atoms with E-state index >= 15 is 0 Å². The summed E-state index contributed by atoms with van der Waals surface area (Å²) < 4.78 is 5.41. The number of rotatable bonds is 4. The summed E-state index contributed by atoms with van der Waals surface area (Å²) in [7, 11) is 1.72. The topological polar surface area (TPSA) is 47.3 Å². The summed E-state index contributed by atoms with van der Waals surface area (Å²) in [5.74, 6) is 6.88. The second-order valence-corrected chi connectivity index (χ2v) is 6.49. The molecular weight excluding hydrogens is 248 g/mol. The molecule has 0 heterocycles. The second kappa shape index (κ2) is 6.15. The maximum Gasteiger partial charge on any atom is 0.122 e. The molecule has 0 spiro atoms. The lowest BCUT2D eigenvalue weighted by atomic mass is 9.68. The first-order valence-electron chi connectivity index (χ1n) is 7.63.